The summed E-state index contributed by atoms with van der Waals surface area (Å²) in [5, 5.41) is 6.86. The average Bonchev–Trinajstić information content (AvgIpc) is 3.28. The lowest BCUT2D eigenvalue weighted by molar-refractivity contribution is 0.320. The standard InChI is InChI=1S/C18H24F2N4O2S/c1-5-11(2)24(27(4,25)26)10-13-8-16(20)14(9-15(13)19)18(6-7-18)17-21-12(3)22-23-17/h8-9,11H,5-7,10H2,1-4H3,(H,21,22,23)/t11-/m0/s1. The summed E-state index contributed by atoms with van der Waals surface area (Å²) >= 11 is 0. The molecule has 0 bridgehead atoms. The minimum atomic E-state index is -3.55. The summed E-state index contributed by atoms with van der Waals surface area (Å²) in [6.07, 6.45) is 2.93. The van der Waals surface area contributed by atoms with E-state index in [2.05, 4.69) is 15.2 Å². The van der Waals surface area contributed by atoms with Crippen molar-refractivity contribution in [2.24, 2.45) is 0 Å². The van der Waals surface area contributed by atoms with E-state index in [1.54, 1.807) is 13.8 Å². The second-order valence-corrected chi connectivity index (χ2v) is 9.25. The molecule has 1 N–H and O–H groups in total. The molecule has 1 aliphatic carbocycles. The number of aromatic amines is 1. The molecule has 6 nitrogen and oxygen atoms in total. The summed E-state index contributed by atoms with van der Waals surface area (Å²) < 4.78 is 55.0. The zero-order valence-electron chi connectivity index (χ0n) is 15.9. The number of sulfonamides is 1. The third-order valence-electron chi connectivity index (χ3n) is 5.26. The van der Waals surface area contributed by atoms with Crippen LogP contribution in [0.2, 0.25) is 0 Å². The highest BCUT2D eigenvalue weighted by Gasteiger charge is 2.51. The van der Waals surface area contributed by atoms with E-state index in [0.717, 1.165) is 12.3 Å². The Balaban J connectivity index is 1.96. The summed E-state index contributed by atoms with van der Waals surface area (Å²) in [6.45, 7) is 5.14. The first-order valence-electron chi connectivity index (χ1n) is 8.93. The van der Waals surface area contributed by atoms with Gasteiger partial charge in [0.05, 0.1) is 11.7 Å². The molecule has 1 heterocycles. The topological polar surface area (TPSA) is 79.0 Å². The smallest absolute Gasteiger partial charge is 0.211 e. The quantitative estimate of drug-likeness (QED) is 0.778. The molecule has 1 saturated carbocycles. The average molecular weight is 398 g/mol. The Kier molecular flexibility index (Phi) is 5.11. The van der Waals surface area contributed by atoms with Gasteiger partial charge in [0, 0.05) is 23.7 Å². The Morgan fingerprint density at radius 1 is 1.30 bits per heavy atom. The second kappa shape index (κ2) is 6.94. The first-order chi connectivity index (χ1) is 12.6. The number of nitrogens with one attached hydrogen (secondary N) is 1. The summed E-state index contributed by atoms with van der Waals surface area (Å²) in [7, 11) is -3.55. The minimum Gasteiger partial charge on any atom is -0.263 e. The minimum absolute atomic E-state index is 0.0175. The third-order valence-corrected chi connectivity index (χ3v) is 6.60. The van der Waals surface area contributed by atoms with Crippen LogP contribution in [-0.4, -0.2) is 40.2 Å². The number of H-pyrrole nitrogens is 1. The van der Waals surface area contributed by atoms with Crippen LogP contribution in [0.4, 0.5) is 8.78 Å². The Bertz CT molecular complexity index is 954. The molecule has 0 saturated heterocycles. The lowest BCUT2D eigenvalue weighted by Crippen LogP contribution is -2.37. The fourth-order valence-corrected chi connectivity index (χ4v) is 4.52. The van der Waals surface area contributed by atoms with Crippen molar-refractivity contribution in [3.8, 4) is 0 Å². The van der Waals surface area contributed by atoms with Gasteiger partial charge in [-0.1, -0.05) is 6.92 Å². The van der Waals surface area contributed by atoms with Gasteiger partial charge < -0.3 is 0 Å². The number of hydrogen-bond donors (Lipinski definition) is 1. The number of hydrogen-bond acceptors (Lipinski definition) is 4. The number of aromatic nitrogens is 3. The summed E-state index contributed by atoms with van der Waals surface area (Å²) in [5.41, 5.74) is -0.470. The van der Waals surface area contributed by atoms with Crippen molar-refractivity contribution in [3.63, 3.8) is 0 Å². The number of nitrogens with zero attached hydrogens (tertiary/aromatic N) is 3. The Morgan fingerprint density at radius 2 is 1.96 bits per heavy atom. The number of benzene rings is 1. The predicted octanol–water partition coefficient (Wildman–Crippen LogP) is 3.03. The fraction of sp³-hybridized carbons (Fsp3) is 0.556. The van der Waals surface area contributed by atoms with Crippen LogP contribution in [0.15, 0.2) is 12.1 Å². The molecule has 1 aliphatic rings. The molecule has 27 heavy (non-hydrogen) atoms. The van der Waals surface area contributed by atoms with E-state index < -0.39 is 27.1 Å². The van der Waals surface area contributed by atoms with Gasteiger partial charge in [-0.05, 0) is 45.2 Å². The Labute approximate surface area is 158 Å². The van der Waals surface area contributed by atoms with Gasteiger partial charge in [0.2, 0.25) is 10.0 Å². The molecule has 1 fully saturated rings. The van der Waals surface area contributed by atoms with Crippen LogP contribution in [0, 0.1) is 18.6 Å². The van der Waals surface area contributed by atoms with Gasteiger partial charge in [-0.25, -0.2) is 22.2 Å². The Hall–Kier alpha value is -1.87. The second-order valence-electron chi connectivity index (χ2n) is 7.32. The van der Waals surface area contributed by atoms with Crippen molar-refractivity contribution < 1.29 is 17.2 Å². The van der Waals surface area contributed by atoms with Crippen LogP contribution in [0.5, 0.6) is 0 Å². The number of halogens is 2. The molecule has 148 valence electrons. The molecular formula is C18H24F2N4O2S. The third kappa shape index (κ3) is 3.75. The molecule has 2 aromatic rings. The van der Waals surface area contributed by atoms with Gasteiger partial charge in [0.25, 0.3) is 0 Å². The van der Waals surface area contributed by atoms with E-state index in [1.165, 1.54) is 10.4 Å². The summed E-state index contributed by atoms with van der Waals surface area (Å²) in [4.78, 5) is 4.29. The van der Waals surface area contributed by atoms with Gasteiger partial charge in [-0.3, -0.25) is 5.10 Å². The zero-order chi connectivity index (χ0) is 20.0. The van der Waals surface area contributed by atoms with E-state index in [9.17, 15) is 17.2 Å². The molecule has 1 aromatic heterocycles. The molecule has 1 aromatic carbocycles. The van der Waals surface area contributed by atoms with Crippen LogP contribution in [-0.2, 0) is 22.0 Å². The van der Waals surface area contributed by atoms with Crippen LogP contribution in [0.1, 0.15) is 55.9 Å². The molecular weight excluding hydrogens is 374 g/mol. The molecule has 1 atom stereocenters. The van der Waals surface area contributed by atoms with Gasteiger partial charge in [0.1, 0.15) is 17.5 Å². The molecule has 0 spiro atoms. The molecule has 0 unspecified atom stereocenters. The first-order valence-corrected chi connectivity index (χ1v) is 10.8. The number of rotatable bonds is 7. The van der Waals surface area contributed by atoms with Crippen LogP contribution < -0.4 is 0 Å². The normalized spacial score (nSPS) is 17.3. The lowest BCUT2D eigenvalue weighted by atomic mass is 9.93. The van der Waals surface area contributed by atoms with Crippen molar-refractivity contribution in [1.82, 2.24) is 19.5 Å². The highest BCUT2D eigenvalue weighted by molar-refractivity contribution is 7.88. The summed E-state index contributed by atoms with van der Waals surface area (Å²) in [6, 6.07) is 1.96. The molecule has 3 rings (SSSR count). The predicted molar refractivity (Wildman–Crippen MR) is 97.6 cm³/mol. The Morgan fingerprint density at radius 3 is 2.44 bits per heavy atom. The zero-order valence-corrected chi connectivity index (χ0v) is 16.7. The van der Waals surface area contributed by atoms with Gasteiger partial charge in [-0.15, -0.1) is 0 Å². The summed E-state index contributed by atoms with van der Waals surface area (Å²) in [5.74, 6) is -0.111. The van der Waals surface area contributed by atoms with Crippen LogP contribution >= 0.6 is 0 Å². The molecule has 0 aliphatic heterocycles. The first kappa shape index (κ1) is 19.9. The number of aryl methyl sites for hydroxylation is 1. The van der Waals surface area contributed by atoms with Gasteiger partial charge >= 0.3 is 0 Å². The largest absolute Gasteiger partial charge is 0.263 e. The van der Waals surface area contributed by atoms with Crippen molar-refractivity contribution >= 4 is 10.0 Å². The van der Waals surface area contributed by atoms with Crippen molar-refractivity contribution in [3.05, 3.63) is 46.5 Å². The lowest BCUT2D eigenvalue weighted by Gasteiger charge is -2.26. The van der Waals surface area contributed by atoms with E-state index in [-0.39, 0.29) is 23.7 Å². The van der Waals surface area contributed by atoms with Crippen molar-refractivity contribution in [2.75, 3.05) is 6.26 Å². The van der Waals surface area contributed by atoms with E-state index in [4.69, 9.17) is 0 Å². The van der Waals surface area contributed by atoms with Gasteiger partial charge in [0.15, 0.2) is 5.82 Å². The van der Waals surface area contributed by atoms with Crippen molar-refractivity contribution in [2.45, 2.75) is 58.0 Å². The fourth-order valence-electron chi connectivity index (χ4n) is 3.34. The van der Waals surface area contributed by atoms with E-state index in [0.29, 0.717) is 30.9 Å². The van der Waals surface area contributed by atoms with Gasteiger partial charge in [-0.2, -0.15) is 9.40 Å². The highest BCUT2D eigenvalue weighted by Crippen LogP contribution is 2.53. The van der Waals surface area contributed by atoms with E-state index in [1.807, 2.05) is 6.92 Å². The van der Waals surface area contributed by atoms with E-state index >= 15 is 0 Å². The SMILES string of the molecule is CC[C@H](C)N(Cc1cc(F)c(C2(c3n[nH]c(C)n3)CC2)cc1F)S(C)(=O)=O. The maximum absolute atomic E-state index is 14.9. The molecule has 0 amide bonds. The monoisotopic (exact) mass is 398 g/mol. The van der Waals surface area contributed by atoms with Crippen molar-refractivity contribution in [1.29, 1.82) is 0 Å². The highest BCUT2D eigenvalue weighted by atomic mass is 32.2. The maximum atomic E-state index is 14.9. The molecule has 9 heteroatoms. The molecule has 0 radical (unpaired) electrons. The maximum Gasteiger partial charge on any atom is 0.211 e. The van der Waals surface area contributed by atoms with Crippen LogP contribution in [0.25, 0.3) is 0 Å². The van der Waals surface area contributed by atoms with Crippen LogP contribution in [0.3, 0.4) is 0 Å².